The van der Waals surface area contributed by atoms with Gasteiger partial charge in [-0.15, -0.1) is 5.10 Å². The van der Waals surface area contributed by atoms with Crippen LogP contribution in [0, 0.1) is 0 Å². The summed E-state index contributed by atoms with van der Waals surface area (Å²) in [6.07, 6.45) is 4.10. The number of carbonyl (C=O) groups is 2. The van der Waals surface area contributed by atoms with Crippen LogP contribution >= 0.6 is 0 Å². The molecule has 2 N–H and O–H groups in total. The van der Waals surface area contributed by atoms with Crippen molar-refractivity contribution in [2.75, 3.05) is 6.54 Å². The largest absolute Gasteiger partial charge is 0.352 e. The summed E-state index contributed by atoms with van der Waals surface area (Å²) < 4.78 is 1.72. The standard InChI is InChI=1S/C17H21N5O2/c23-16-8-4-7-14-12-22(21-20-14)10-9-18-17(24)15(19-16)11-13-5-2-1-3-6-13/h1-3,5-6,12,15H,4,7-11H2,(H,18,24)(H,19,23)/t15-/m0/s1. The van der Waals surface area contributed by atoms with Crippen LogP contribution in [0.1, 0.15) is 24.1 Å². The maximum absolute atomic E-state index is 12.5. The Morgan fingerprint density at radius 2 is 2.00 bits per heavy atom. The average Bonchev–Trinajstić information content (AvgIpc) is 3.02. The summed E-state index contributed by atoms with van der Waals surface area (Å²) in [6, 6.07) is 9.13. The Balaban J connectivity index is 1.70. The molecule has 24 heavy (non-hydrogen) atoms. The summed E-state index contributed by atoms with van der Waals surface area (Å²) >= 11 is 0. The summed E-state index contributed by atoms with van der Waals surface area (Å²) in [5, 5.41) is 13.8. The molecule has 0 saturated carbocycles. The van der Waals surface area contributed by atoms with E-state index in [1.165, 1.54) is 0 Å². The monoisotopic (exact) mass is 327 g/mol. The molecule has 3 rings (SSSR count). The molecular formula is C17H21N5O2. The van der Waals surface area contributed by atoms with Gasteiger partial charge in [0.15, 0.2) is 0 Å². The second kappa shape index (κ2) is 7.72. The summed E-state index contributed by atoms with van der Waals surface area (Å²) in [7, 11) is 0. The molecule has 1 aromatic carbocycles. The van der Waals surface area contributed by atoms with Crippen molar-refractivity contribution in [3.05, 3.63) is 47.8 Å². The lowest BCUT2D eigenvalue weighted by atomic mass is 10.0. The average molecular weight is 327 g/mol. The van der Waals surface area contributed by atoms with Crippen LogP contribution in [0.15, 0.2) is 36.5 Å². The van der Waals surface area contributed by atoms with Gasteiger partial charge in [-0.05, 0) is 18.4 Å². The number of hydrogen-bond acceptors (Lipinski definition) is 4. The predicted octanol–water partition coefficient (Wildman–Crippen LogP) is 0.458. The zero-order valence-corrected chi connectivity index (χ0v) is 13.4. The Morgan fingerprint density at radius 3 is 2.83 bits per heavy atom. The molecule has 0 saturated heterocycles. The van der Waals surface area contributed by atoms with Crippen molar-refractivity contribution in [1.82, 2.24) is 25.6 Å². The summed E-state index contributed by atoms with van der Waals surface area (Å²) in [5.74, 6) is -0.287. The topological polar surface area (TPSA) is 88.9 Å². The van der Waals surface area contributed by atoms with E-state index in [2.05, 4.69) is 20.9 Å². The van der Waals surface area contributed by atoms with E-state index in [9.17, 15) is 9.59 Å². The molecule has 1 atom stereocenters. The zero-order chi connectivity index (χ0) is 16.8. The van der Waals surface area contributed by atoms with E-state index in [1.54, 1.807) is 4.68 Å². The van der Waals surface area contributed by atoms with E-state index >= 15 is 0 Å². The van der Waals surface area contributed by atoms with Gasteiger partial charge in [-0.2, -0.15) is 0 Å². The van der Waals surface area contributed by atoms with E-state index in [0.29, 0.717) is 38.8 Å². The SMILES string of the molecule is O=C1CCCc2cn(nn2)CCNC(=O)[C@H](Cc2ccccc2)N1. The van der Waals surface area contributed by atoms with Crippen molar-refractivity contribution in [1.29, 1.82) is 0 Å². The highest BCUT2D eigenvalue weighted by Crippen LogP contribution is 2.06. The second-order valence-corrected chi connectivity index (χ2v) is 5.93. The van der Waals surface area contributed by atoms with Gasteiger partial charge in [0.1, 0.15) is 6.04 Å². The molecule has 1 aliphatic heterocycles. The number of nitrogens with zero attached hydrogens (tertiary/aromatic N) is 3. The number of aryl methyl sites for hydroxylation is 1. The highest BCUT2D eigenvalue weighted by Gasteiger charge is 2.21. The second-order valence-electron chi connectivity index (χ2n) is 5.93. The maximum atomic E-state index is 12.5. The fraction of sp³-hybridized carbons (Fsp3) is 0.412. The van der Waals surface area contributed by atoms with Gasteiger partial charge >= 0.3 is 0 Å². The van der Waals surface area contributed by atoms with Gasteiger partial charge < -0.3 is 10.6 Å². The van der Waals surface area contributed by atoms with Gasteiger partial charge in [-0.25, -0.2) is 0 Å². The van der Waals surface area contributed by atoms with E-state index < -0.39 is 6.04 Å². The normalized spacial score (nSPS) is 19.4. The van der Waals surface area contributed by atoms with Crippen molar-refractivity contribution in [3.8, 4) is 0 Å². The number of aromatic nitrogens is 3. The first-order valence-corrected chi connectivity index (χ1v) is 8.21. The van der Waals surface area contributed by atoms with Gasteiger partial charge in [0.25, 0.3) is 0 Å². The van der Waals surface area contributed by atoms with Crippen LogP contribution in [0.5, 0.6) is 0 Å². The third-order valence-corrected chi connectivity index (χ3v) is 4.00. The third kappa shape index (κ3) is 4.41. The molecule has 0 radical (unpaired) electrons. The fourth-order valence-corrected chi connectivity index (χ4v) is 2.73. The molecule has 1 aromatic heterocycles. The molecule has 2 bridgehead atoms. The lowest BCUT2D eigenvalue weighted by molar-refractivity contribution is -0.129. The lowest BCUT2D eigenvalue weighted by Gasteiger charge is -2.18. The van der Waals surface area contributed by atoms with Crippen molar-refractivity contribution < 1.29 is 9.59 Å². The number of fused-ring (bicyclic) bond motifs is 2. The lowest BCUT2D eigenvalue weighted by Crippen LogP contribution is -2.48. The number of carbonyl (C=O) groups excluding carboxylic acids is 2. The van der Waals surface area contributed by atoms with Crippen LogP contribution in [-0.4, -0.2) is 39.4 Å². The molecule has 1 aliphatic rings. The third-order valence-electron chi connectivity index (χ3n) is 4.00. The van der Waals surface area contributed by atoms with Crippen LogP contribution in [0.3, 0.4) is 0 Å². The molecule has 0 spiro atoms. The summed E-state index contributed by atoms with van der Waals surface area (Å²) in [6.45, 7) is 1.01. The Labute approximate surface area is 140 Å². The molecule has 0 aliphatic carbocycles. The quantitative estimate of drug-likeness (QED) is 0.838. The van der Waals surface area contributed by atoms with Crippen LogP contribution in [0.25, 0.3) is 0 Å². The molecule has 0 fully saturated rings. The summed E-state index contributed by atoms with van der Waals surface area (Å²) in [4.78, 5) is 24.6. The predicted molar refractivity (Wildman–Crippen MR) is 88.0 cm³/mol. The molecule has 126 valence electrons. The van der Waals surface area contributed by atoms with Crippen LogP contribution in [0.4, 0.5) is 0 Å². The van der Waals surface area contributed by atoms with E-state index in [-0.39, 0.29) is 11.8 Å². The van der Waals surface area contributed by atoms with Crippen molar-refractivity contribution in [3.63, 3.8) is 0 Å². The van der Waals surface area contributed by atoms with Crippen molar-refractivity contribution in [2.24, 2.45) is 0 Å². The number of nitrogens with one attached hydrogen (secondary N) is 2. The first-order chi connectivity index (χ1) is 11.7. The number of amides is 2. The minimum Gasteiger partial charge on any atom is -0.352 e. The zero-order valence-electron chi connectivity index (χ0n) is 13.4. The minimum atomic E-state index is -0.564. The molecule has 2 heterocycles. The van der Waals surface area contributed by atoms with Crippen molar-refractivity contribution in [2.45, 2.75) is 38.3 Å². The Morgan fingerprint density at radius 1 is 1.17 bits per heavy atom. The first-order valence-electron chi connectivity index (χ1n) is 8.21. The fourth-order valence-electron chi connectivity index (χ4n) is 2.73. The maximum Gasteiger partial charge on any atom is 0.242 e. The van der Waals surface area contributed by atoms with Gasteiger partial charge in [-0.3, -0.25) is 14.3 Å². The number of hydrogen-bond donors (Lipinski definition) is 2. The molecule has 2 aromatic rings. The molecular weight excluding hydrogens is 306 g/mol. The van der Waals surface area contributed by atoms with Gasteiger partial charge in [0.05, 0.1) is 12.2 Å². The Bertz CT molecular complexity index is 698. The molecule has 7 heteroatoms. The van der Waals surface area contributed by atoms with Gasteiger partial charge in [0.2, 0.25) is 11.8 Å². The van der Waals surface area contributed by atoms with E-state index in [4.69, 9.17) is 0 Å². The van der Waals surface area contributed by atoms with E-state index in [1.807, 2.05) is 36.5 Å². The smallest absolute Gasteiger partial charge is 0.242 e. The van der Waals surface area contributed by atoms with Gasteiger partial charge in [-0.1, -0.05) is 35.5 Å². The van der Waals surface area contributed by atoms with Crippen LogP contribution < -0.4 is 10.6 Å². The Kier molecular flexibility index (Phi) is 5.20. The molecule has 2 amide bonds. The van der Waals surface area contributed by atoms with Crippen LogP contribution in [-0.2, 0) is 29.0 Å². The number of benzene rings is 1. The highest BCUT2D eigenvalue weighted by atomic mass is 16.2. The molecule has 0 unspecified atom stereocenters. The first kappa shape index (κ1) is 16.2. The number of rotatable bonds is 2. The van der Waals surface area contributed by atoms with Gasteiger partial charge in [0, 0.05) is 25.6 Å². The van der Waals surface area contributed by atoms with Crippen LogP contribution in [0.2, 0.25) is 0 Å². The minimum absolute atomic E-state index is 0.113. The highest BCUT2D eigenvalue weighted by molar-refractivity contribution is 5.87. The summed E-state index contributed by atoms with van der Waals surface area (Å²) in [5.41, 5.74) is 1.89. The molecule has 7 nitrogen and oxygen atoms in total. The van der Waals surface area contributed by atoms with E-state index in [0.717, 1.165) is 11.3 Å². The van der Waals surface area contributed by atoms with Crippen molar-refractivity contribution >= 4 is 11.8 Å². The Hall–Kier alpha value is -2.70.